The third kappa shape index (κ3) is 3.00. The van der Waals surface area contributed by atoms with Crippen LogP contribution in [-0.4, -0.2) is 43.1 Å². The van der Waals surface area contributed by atoms with Crippen LogP contribution in [0.4, 0.5) is 0 Å². The third-order valence-corrected chi connectivity index (χ3v) is 6.52. The molecule has 0 saturated carbocycles. The van der Waals surface area contributed by atoms with Crippen LogP contribution in [0.1, 0.15) is 47.4 Å². The average molecular weight is 402 g/mol. The van der Waals surface area contributed by atoms with E-state index >= 15 is 0 Å². The van der Waals surface area contributed by atoms with Crippen LogP contribution in [0.2, 0.25) is 0 Å². The lowest BCUT2D eigenvalue weighted by atomic mass is 9.93. The highest BCUT2D eigenvalue weighted by atomic mass is 15.2. The number of hydrogen-bond donors (Lipinski definition) is 4. The molecule has 30 heavy (non-hydrogen) atoms. The predicted octanol–water partition coefficient (Wildman–Crippen LogP) is 1.82. The molecule has 2 aliphatic heterocycles. The summed E-state index contributed by atoms with van der Waals surface area (Å²) in [6.07, 6.45) is 4.21. The van der Waals surface area contributed by atoms with Crippen molar-refractivity contribution >= 4 is 11.9 Å². The van der Waals surface area contributed by atoms with Crippen LogP contribution in [0.25, 0.3) is 11.1 Å². The van der Waals surface area contributed by atoms with Gasteiger partial charge in [-0.2, -0.15) is 0 Å². The molecule has 7 nitrogen and oxygen atoms in total. The molecule has 7 heteroatoms. The number of aromatic nitrogens is 1. The molecule has 0 saturated heterocycles. The number of benzene rings is 1. The van der Waals surface area contributed by atoms with Crippen LogP contribution in [0.3, 0.4) is 0 Å². The second-order valence-electron chi connectivity index (χ2n) is 8.37. The number of rotatable bonds is 3. The second kappa shape index (κ2) is 7.31. The van der Waals surface area contributed by atoms with Crippen molar-refractivity contribution in [1.29, 1.82) is 0 Å². The van der Waals surface area contributed by atoms with Crippen molar-refractivity contribution in [2.24, 2.45) is 9.98 Å². The summed E-state index contributed by atoms with van der Waals surface area (Å²) in [6, 6.07) is 11.3. The van der Waals surface area contributed by atoms with E-state index in [4.69, 9.17) is 4.98 Å². The number of hydrogen-bond acceptors (Lipinski definition) is 7. The van der Waals surface area contributed by atoms with Gasteiger partial charge in [-0.15, -0.1) is 0 Å². The zero-order valence-corrected chi connectivity index (χ0v) is 17.0. The lowest BCUT2D eigenvalue weighted by molar-refractivity contribution is 0.594. The molecule has 1 aromatic heterocycles. The Balaban J connectivity index is 1.43. The number of guanidine groups is 2. The van der Waals surface area contributed by atoms with E-state index in [-0.39, 0.29) is 12.1 Å². The predicted molar refractivity (Wildman–Crippen MR) is 119 cm³/mol. The van der Waals surface area contributed by atoms with E-state index in [1.54, 1.807) is 0 Å². The number of pyridine rings is 1. The molecule has 2 aromatic rings. The number of nitrogens with zero attached hydrogens (tertiary/aromatic N) is 3. The van der Waals surface area contributed by atoms with Gasteiger partial charge >= 0.3 is 0 Å². The molecule has 0 amide bonds. The molecular weight excluding hydrogens is 374 g/mol. The molecule has 4 aliphatic rings. The Bertz CT molecular complexity index is 967. The van der Waals surface area contributed by atoms with Crippen molar-refractivity contribution in [3.05, 3.63) is 52.8 Å². The van der Waals surface area contributed by atoms with Crippen molar-refractivity contribution < 1.29 is 0 Å². The molecule has 154 valence electrons. The zero-order valence-electron chi connectivity index (χ0n) is 17.0. The summed E-state index contributed by atoms with van der Waals surface area (Å²) >= 11 is 0. The monoisotopic (exact) mass is 401 g/mol. The molecule has 0 unspecified atom stereocenters. The van der Waals surface area contributed by atoms with Gasteiger partial charge < -0.3 is 21.3 Å². The standard InChI is InChI=1S/C23H27N7/c1-2-4-14(5-3-1)19-15-6-8-17(28-22-24-10-11-25-22)20(15)30-21-16(19)7-9-18(21)29-23-26-12-13-27-23/h1-5,17-18H,6-13H2,(H2,24,25,28)(H2,26,27,29)/t17-,18-/m1/s1. The van der Waals surface area contributed by atoms with Gasteiger partial charge in [0, 0.05) is 13.1 Å². The lowest BCUT2D eigenvalue weighted by Gasteiger charge is -2.20. The van der Waals surface area contributed by atoms with Gasteiger partial charge in [0.25, 0.3) is 0 Å². The molecule has 0 bridgehead atoms. The first-order valence-electron chi connectivity index (χ1n) is 11.1. The minimum Gasteiger partial charge on any atom is -0.355 e. The molecule has 0 spiro atoms. The molecule has 4 N–H and O–H groups in total. The second-order valence-corrected chi connectivity index (χ2v) is 8.37. The van der Waals surface area contributed by atoms with Crippen molar-refractivity contribution in [3.8, 4) is 11.1 Å². The van der Waals surface area contributed by atoms with E-state index in [1.165, 1.54) is 33.6 Å². The fourth-order valence-electron chi connectivity index (χ4n) is 5.19. The number of nitrogens with one attached hydrogen (secondary N) is 4. The molecular formula is C23H27N7. The molecule has 2 aliphatic carbocycles. The quantitative estimate of drug-likeness (QED) is 0.630. The third-order valence-electron chi connectivity index (χ3n) is 6.52. The highest BCUT2D eigenvalue weighted by molar-refractivity contribution is 5.83. The Morgan fingerprint density at radius 3 is 1.83 bits per heavy atom. The number of fused-ring (bicyclic) bond motifs is 2. The first kappa shape index (κ1) is 17.7. The summed E-state index contributed by atoms with van der Waals surface area (Å²) in [6.45, 7) is 3.51. The van der Waals surface area contributed by atoms with E-state index in [0.29, 0.717) is 0 Å². The largest absolute Gasteiger partial charge is 0.355 e. The average Bonchev–Trinajstić information content (AvgIpc) is 3.57. The fourth-order valence-corrected chi connectivity index (χ4v) is 5.19. The molecule has 1 aromatic carbocycles. The summed E-state index contributed by atoms with van der Waals surface area (Å²) < 4.78 is 0. The van der Waals surface area contributed by atoms with Crippen molar-refractivity contribution in [2.45, 2.75) is 37.8 Å². The fraction of sp³-hybridized carbons (Fsp3) is 0.435. The smallest absolute Gasteiger partial charge is 0.191 e. The Morgan fingerprint density at radius 1 is 0.767 bits per heavy atom. The van der Waals surface area contributed by atoms with Gasteiger partial charge in [0.2, 0.25) is 0 Å². The van der Waals surface area contributed by atoms with Gasteiger partial charge in [-0.25, -0.2) is 0 Å². The first-order chi connectivity index (χ1) is 14.9. The van der Waals surface area contributed by atoms with Crippen LogP contribution in [0.15, 0.2) is 40.3 Å². The molecule has 0 fully saturated rings. The van der Waals surface area contributed by atoms with E-state index in [2.05, 4.69) is 61.6 Å². The van der Waals surface area contributed by atoms with Gasteiger partial charge in [0.15, 0.2) is 11.9 Å². The summed E-state index contributed by atoms with van der Waals surface area (Å²) in [4.78, 5) is 14.4. The first-order valence-corrected chi connectivity index (χ1v) is 11.1. The van der Waals surface area contributed by atoms with E-state index in [9.17, 15) is 0 Å². The summed E-state index contributed by atoms with van der Waals surface area (Å²) in [7, 11) is 0. The maximum Gasteiger partial charge on any atom is 0.191 e. The SMILES string of the molecule is c1ccc(-c2c3c(nc4c2CC[C@H]4NC2=NCCN2)[C@H](NC2=NCCN2)CC3)cc1. The van der Waals surface area contributed by atoms with Gasteiger partial charge in [0.1, 0.15) is 0 Å². The minimum atomic E-state index is 0.209. The zero-order chi connectivity index (χ0) is 19.9. The van der Waals surface area contributed by atoms with Crippen LogP contribution in [0, 0.1) is 0 Å². The van der Waals surface area contributed by atoms with Crippen molar-refractivity contribution in [3.63, 3.8) is 0 Å². The Kier molecular flexibility index (Phi) is 4.32. The maximum absolute atomic E-state index is 5.28. The lowest BCUT2D eigenvalue weighted by Crippen LogP contribution is -2.37. The Hall–Kier alpha value is -3.09. The topological polar surface area (TPSA) is 85.7 Å². The van der Waals surface area contributed by atoms with Crippen molar-refractivity contribution in [1.82, 2.24) is 26.3 Å². The maximum atomic E-state index is 5.28. The normalized spacial score (nSPS) is 23.9. The van der Waals surface area contributed by atoms with Crippen LogP contribution >= 0.6 is 0 Å². The van der Waals surface area contributed by atoms with Crippen LogP contribution in [-0.2, 0) is 12.8 Å². The van der Waals surface area contributed by atoms with E-state index in [0.717, 1.165) is 63.8 Å². The minimum absolute atomic E-state index is 0.209. The van der Waals surface area contributed by atoms with E-state index in [1.807, 2.05) is 0 Å². The Morgan fingerprint density at radius 2 is 1.33 bits per heavy atom. The Labute approximate surface area is 176 Å². The van der Waals surface area contributed by atoms with Crippen LogP contribution in [0.5, 0.6) is 0 Å². The van der Waals surface area contributed by atoms with E-state index < -0.39 is 0 Å². The van der Waals surface area contributed by atoms with Gasteiger partial charge in [0.05, 0.1) is 36.6 Å². The highest BCUT2D eigenvalue weighted by Crippen LogP contribution is 2.44. The summed E-state index contributed by atoms with van der Waals surface area (Å²) in [5, 5.41) is 13.9. The number of aliphatic imine (C=N–C) groups is 2. The van der Waals surface area contributed by atoms with Crippen LogP contribution < -0.4 is 21.3 Å². The molecule has 6 rings (SSSR count). The van der Waals surface area contributed by atoms with Gasteiger partial charge in [-0.3, -0.25) is 15.0 Å². The summed E-state index contributed by atoms with van der Waals surface area (Å²) in [5.41, 5.74) is 7.92. The van der Waals surface area contributed by atoms with Crippen molar-refractivity contribution in [2.75, 3.05) is 26.2 Å². The molecule has 2 atom stereocenters. The molecule has 3 heterocycles. The highest BCUT2D eigenvalue weighted by Gasteiger charge is 2.36. The summed E-state index contributed by atoms with van der Waals surface area (Å²) in [5.74, 6) is 1.83. The molecule has 0 radical (unpaired) electrons. The van der Waals surface area contributed by atoms with Gasteiger partial charge in [-0.05, 0) is 47.9 Å². The van der Waals surface area contributed by atoms with Gasteiger partial charge in [-0.1, -0.05) is 30.3 Å².